The average Bonchev–Trinajstić information content (AvgIpc) is 3.11. The summed E-state index contributed by atoms with van der Waals surface area (Å²) in [6, 6.07) is 31.0. The SMILES string of the molecule is CCO[Si](CCP1(=O)Oc2ccccc2-c2ccccc21)(OCC)O[Si](CCP1(=O)Oc2ccccc2-c2ccccc21)(OCC)OCC. The Morgan fingerprint density at radius 1 is 0.490 bits per heavy atom. The first-order valence-corrected chi connectivity index (χ1v) is 24.4. The minimum atomic E-state index is -3.66. The Labute approximate surface area is 291 Å². The highest BCUT2D eigenvalue weighted by Gasteiger charge is 2.56. The van der Waals surface area contributed by atoms with E-state index in [1.165, 1.54) is 0 Å². The van der Waals surface area contributed by atoms with Gasteiger partial charge in [-0.2, -0.15) is 0 Å². The molecule has 0 aromatic heterocycles. The van der Waals surface area contributed by atoms with Crippen molar-refractivity contribution in [2.75, 3.05) is 38.8 Å². The van der Waals surface area contributed by atoms with Crippen LogP contribution in [-0.4, -0.2) is 56.4 Å². The summed E-state index contributed by atoms with van der Waals surface area (Å²) >= 11 is 0. The minimum Gasteiger partial charge on any atom is -0.439 e. The van der Waals surface area contributed by atoms with Gasteiger partial charge in [-0.3, -0.25) is 9.13 Å². The quantitative estimate of drug-likeness (QED) is 0.0830. The highest BCUT2D eigenvalue weighted by atomic mass is 31.2. The molecule has 260 valence electrons. The van der Waals surface area contributed by atoms with Gasteiger partial charge in [0.05, 0.1) is 10.6 Å². The third-order valence-corrected chi connectivity index (χ3v) is 21.4. The minimum absolute atomic E-state index is 0.124. The Morgan fingerprint density at radius 3 is 1.18 bits per heavy atom. The number of rotatable bonds is 16. The molecule has 49 heavy (non-hydrogen) atoms. The fourth-order valence-electron chi connectivity index (χ4n) is 6.56. The summed E-state index contributed by atoms with van der Waals surface area (Å²) in [7, 11) is -14.2. The second kappa shape index (κ2) is 15.2. The third kappa shape index (κ3) is 7.33. The van der Waals surface area contributed by atoms with Crippen molar-refractivity contribution in [3.05, 3.63) is 97.1 Å². The molecule has 6 rings (SSSR count). The monoisotopic (exact) mass is 738 g/mol. The van der Waals surface area contributed by atoms with Crippen LogP contribution >= 0.6 is 14.7 Å². The van der Waals surface area contributed by atoms with Crippen LogP contribution in [0.4, 0.5) is 0 Å². The third-order valence-electron chi connectivity index (χ3n) is 8.58. The average molecular weight is 739 g/mol. The lowest BCUT2D eigenvalue weighted by Gasteiger charge is -2.39. The van der Waals surface area contributed by atoms with Gasteiger partial charge in [0, 0.05) is 62.0 Å². The summed E-state index contributed by atoms with van der Waals surface area (Å²) < 4.78 is 75.0. The fraction of sp³-hybridized carbons (Fsp3) is 0.333. The molecule has 13 heteroatoms. The smallest absolute Gasteiger partial charge is 0.439 e. The van der Waals surface area contributed by atoms with E-state index in [2.05, 4.69) is 0 Å². The molecule has 0 radical (unpaired) electrons. The van der Waals surface area contributed by atoms with Crippen molar-refractivity contribution in [2.45, 2.75) is 39.8 Å². The molecule has 2 atom stereocenters. The lowest BCUT2D eigenvalue weighted by atomic mass is 10.0. The molecule has 0 aliphatic carbocycles. The van der Waals surface area contributed by atoms with Crippen molar-refractivity contribution in [2.24, 2.45) is 0 Å². The predicted molar refractivity (Wildman–Crippen MR) is 198 cm³/mol. The van der Waals surface area contributed by atoms with Gasteiger partial charge in [0.15, 0.2) is 0 Å². The van der Waals surface area contributed by atoms with Crippen molar-refractivity contribution in [1.82, 2.24) is 0 Å². The van der Waals surface area contributed by atoms with Crippen LogP contribution in [0.2, 0.25) is 12.1 Å². The zero-order chi connectivity index (χ0) is 34.5. The van der Waals surface area contributed by atoms with E-state index in [9.17, 15) is 9.13 Å². The van der Waals surface area contributed by atoms with E-state index in [4.69, 9.17) is 30.9 Å². The molecule has 2 unspecified atom stereocenters. The Bertz CT molecular complexity index is 1720. The lowest BCUT2D eigenvalue weighted by Crippen LogP contribution is -2.59. The van der Waals surface area contributed by atoms with E-state index in [0.717, 1.165) is 22.3 Å². The molecule has 0 N–H and O–H groups in total. The zero-order valence-corrected chi connectivity index (χ0v) is 32.3. The number of hydrogen-bond donors (Lipinski definition) is 0. The summed E-state index contributed by atoms with van der Waals surface area (Å²) in [4.78, 5) is 0. The van der Waals surface area contributed by atoms with E-state index in [0.29, 0.717) is 48.5 Å². The molecule has 4 aromatic rings. The maximum atomic E-state index is 14.8. The number of benzene rings is 4. The van der Waals surface area contributed by atoms with E-state index in [-0.39, 0.29) is 24.4 Å². The van der Waals surface area contributed by atoms with Gasteiger partial charge in [-0.15, -0.1) is 0 Å². The Hall–Kier alpha value is -2.83. The van der Waals surface area contributed by atoms with Gasteiger partial charge in [0.1, 0.15) is 11.5 Å². The van der Waals surface area contributed by atoms with Crippen molar-refractivity contribution in [3.8, 4) is 33.8 Å². The second-order valence-corrected chi connectivity index (χ2v) is 22.3. The summed E-state index contributed by atoms with van der Waals surface area (Å²) in [6.07, 6.45) is 0.248. The van der Waals surface area contributed by atoms with Gasteiger partial charge in [-0.25, -0.2) is 0 Å². The molecule has 0 fully saturated rings. The Morgan fingerprint density at radius 2 is 0.816 bits per heavy atom. The summed E-state index contributed by atoms with van der Waals surface area (Å²) in [5.41, 5.74) is 3.59. The van der Waals surface area contributed by atoms with Crippen LogP contribution in [-0.2, 0) is 30.9 Å². The highest BCUT2D eigenvalue weighted by Crippen LogP contribution is 2.57. The van der Waals surface area contributed by atoms with Crippen LogP contribution in [0.25, 0.3) is 22.3 Å². The predicted octanol–water partition coefficient (Wildman–Crippen LogP) is 8.35. The molecule has 0 saturated heterocycles. The normalized spacial score (nSPS) is 19.5. The maximum Gasteiger partial charge on any atom is 0.494 e. The van der Waals surface area contributed by atoms with E-state index >= 15 is 0 Å². The van der Waals surface area contributed by atoms with Gasteiger partial charge >= 0.3 is 17.6 Å². The number of para-hydroxylation sites is 2. The molecule has 4 aromatic carbocycles. The largest absolute Gasteiger partial charge is 0.494 e. The van der Waals surface area contributed by atoms with E-state index < -0.39 is 32.3 Å². The fourth-order valence-corrected chi connectivity index (χ4v) is 20.8. The molecule has 0 spiro atoms. The van der Waals surface area contributed by atoms with E-state index in [1.807, 2.05) is 125 Å². The van der Waals surface area contributed by atoms with Crippen molar-refractivity contribution >= 4 is 43.0 Å². The molecule has 2 aliphatic heterocycles. The van der Waals surface area contributed by atoms with Gasteiger partial charge in [0.2, 0.25) is 0 Å². The van der Waals surface area contributed by atoms with Crippen LogP contribution in [0.5, 0.6) is 11.5 Å². The van der Waals surface area contributed by atoms with Crippen LogP contribution in [0.3, 0.4) is 0 Å². The maximum absolute atomic E-state index is 14.8. The van der Waals surface area contributed by atoms with Crippen LogP contribution < -0.4 is 19.7 Å². The molecule has 0 amide bonds. The molecule has 2 heterocycles. The molecule has 0 saturated carbocycles. The first kappa shape index (κ1) is 36.0. The van der Waals surface area contributed by atoms with Crippen molar-refractivity contribution < 1.29 is 40.0 Å². The van der Waals surface area contributed by atoms with E-state index in [1.54, 1.807) is 0 Å². The highest BCUT2D eigenvalue weighted by molar-refractivity contribution is 7.68. The van der Waals surface area contributed by atoms with Crippen molar-refractivity contribution in [3.63, 3.8) is 0 Å². The standard InChI is InChI=1S/C36H44O9P2Si2/c1-5-39-48(40-6-2,27-25-46(37)35-23-15-11-19-31(35)29-17-9-13-21-33(29)43-46)45-49(41-7-3,42-8-4)28-26-47(38)36-24-16-12-20-32(36)30-18-10-14-22-34(30)44-47/h9-24H,5-8,25-28H2,1-4H3. The molecule has 2 aliphatic rings. The summed E-state index contributed by atoms with van der Waals surface area (Å²) in [5, 5.41) is 1.32. The van der Waals surface area contributed by atoms with Crippen LogP contribution in [0.1, 0.15) is 27.7 Å². The van der Waals surface area contributed by atoms with Crippen LogP contribution in [0.15, 0.2) is 97.1 Å². The van der Waals surface area contributed by atoms with Gasteiger partial charge in [0.25, 0.3) is 14.7 Å². The zero-order valence-electron chi connectivity index (χ0n) is 28.5. The lowest BCUT2D eigenvalue weighted by molar-refractivity contribution is 0.0510. The number of fused-ring (bicyclic) bond motifs is 6. The Balaban J connectivity index is 1.32. The second-order valence-electron chi connectivity index (χ2n) is 11.7. The van der Waals surface area contributed by atoms with Crippen LogP contribution in [0, 0.1) is 0 Å². The number of hydrogen-bond acceptors (Lipinski definition) is 9. The van der Waals surface area contributed by atoms with Gasteiger partial charge < -0.3 is 30.9 Å². The first-order valence-electron chi connectivity index (χ1n) is 16.9. The Kier molecular flexibility index (Phi) is 11.2. The first-order chi connectivity index (χ1) is 23.7. The molecule has 9 nitrogen and oxygen atoms in total. The van der Waals surface area contributed by atoms with Gasteiger partial charge in [-0.05, 0) is 63.1 Å². The summed E-state index contributed by atoms with van der Waals surface area (Å²) in [5.74, 6) is 1.16. The molecule has 0 bridgehead atoms. The topological polar surface area (TPSA) is 98.8 Å². The van der Waals surface area contributed by atoms with Crippen molar-refractivity contribution in [1.29, 1.82) is 0 Å². The van der Waals surface area contributed by atoms with Gasteiger partial charge in [-0.1, -0.05) is 72.8 Å². The molecular weight excluding hydrogens is 695 g/mol. The molecular formula is C36H44O9P2Si2. The summed E-state index contributed by atoms with van der Waals surface area (Å²) in [6.45, 7) is 8.70.